The van der Waals surface area contributed by atoms with Crippen molar-refractivity contribution in [3.63, 3.8) is 0 Å². The van der Waals surface area contributed by atoms with Gasteiger partial charge in [0.1, 0.15) is 0 Å². The standard InChI is InChI=1S/C7H14O2/c1-4-5-7(9-3)6-8-2/h4-5,7H,6H2,1-3H3. The van der Waals surface area contributed by atoms with Gasteiger partial charge in [-0.3, -0.25) is 0 Å². The minimum absolute atomic E-state index is 0.111. The molecular weight excluding hydrogens is 116 g/mol. The van der Waals surface area contributed by atoms with Crippen LogP contribution in [0.5, 0.6) is 0 Å². The molecule has 2 nitrogen and oxygen atoms in total. The first-order valence-corrected chi connectivity index (χ1v) is 2.99. The Hall–Kier alpha value is -0.340. The van der Waals surface area contributed by atoms with Crippen LogP contribution < -0.4 is 0 Å². The molecule has 0 fully saturated rings. The lowest BCUT2D eigenvalue weighted by Crippen LogP contribution is -2.13. The van der Waals surface area contributed by atoms with E-state index in [1.54, 1.807) is 14.2 Å². The average Bonchev–Trinajstić information content (AvgIpc) is 1.88. The van der Waals surface area contributed by atoms with Crippen molar-refractivity contribution in [1.82, 2.24) is 0 Å². The minimum Gasteiger partial charge on any atom is -0.382 e. The normalized spacial score (nSPS) is 14.6. The Morgan fingerprint density at radius 3 is 2.44 bits per heavy atom. The maximum atomic E-state index is 5.02. The summed E-state index contributed by atoms with van der Waals surface area (Å²) < 4.78 is 9.89. The zero-order valence-electron chi connectivity index (χ0n) is 6.26. The lowest BCUT2D eigenvalue weighted by Gasteiger charge is -2.07. The summed E-state index contributed by atoms with van der Waals surface area (Å²) in [5, 5.41) is 0. The third-order valence-electron chi connectivity index (χ3n) is 1.04. The molecule has 0 aliphatic carbocycles. The summed E-state index contributed by atoms with van der Waals surface area (Å²) in [5.74, 6) is 0. The molecule has 1 atom stereocenters. The smallest absolute Gasteiger partial charge is 0.0985 e. The van der Waals surface area contributed by atoms with Crippen molar-refractivity contribution >= 4 is 0 Å². The van der Waals surface area contributed by atoms with Crippen LogP contribution in [0, 0.1) is 0 Å². The first-order valence-electron chi connectivity index (χ1n) is 2.99. The number of methoxy groups -OCH3 is 2. The van der Waals surface area contributed by atoms with Crippen LogP contribution in [0.15, 0.2) is 12.2 Å². The molecule has 0 aromatic heterocycles. The van der Waals surface area contributed by atoms with E-state index >= 15 is 0 Å². The molecule has 0 bridgehead atoms. The van der Waals surface area contributed by atoms with Crippen LogP contribution in [0.1, 0.15) is 6.92 Å². The van der Waals surface area contributed by atoms with Crippen molar-refractivity contribution in [2.24, 2.45) is 0 Å². The van der Waals surface area contributed by atoms with Gasteiger partial charge >= 0.3 is 0 Å². The van der Waals surface area contributed by atoms with Gasteiger partial charge in [-0.05, 0) is 6.92 Å². The highest BCUT2D eigenvalue weighted by Crippen LogP contribution is 1.91. The summed E-state index contributed by atoms with van der Waals surface area (Å²) in [7, 11) is 3.33. The Kier molecular flexibility index (Phi) is 5.57. The fourth-order valence-corrected chi connectivity index (χ4v) is 0.581. The molecule has 0 saturated heterocycles. The second kappa shape index (κ2) is 5.79. The van der Waals surface area contributed by atoms with Crippen LogP contribution in [0.2, 0.25) is 0 Å². The van der Waals surface area contributed by atoms with E-state index in [-0.39, 0.29) is 6.10 Å². The molecule has 0 amide bonds. The molecule has 0 rings (SSSR count). The monoisotopic (exact) mass is 130 g/mol. The van der Waals surface area contributed by atoms with Crippen molar-refractivity contribution in [2.75, 3.05) is 20.8 Å². The highest BCUT2D eigenvalue weighted by Gasteiger charge is 1.97. The number of hydrogen-bond donors (Lipinski definition) is 0. The number of rotatable bonds is 4. The maximum absolute atomic E-state index is 5.02. The zero-order chi connectivity index (χ0) is 7.11. The Balaban J connectivity index is 3.41. The average molecular weight is 130 g/mol. The fourth-order valence-electron chi connectivity index (χ4n) is 0.581. The van der Waals surface area contributed by atoms with Crippen molar-refractivity contribution in [1.29, 1.82) is 0 Å². The van der Waals surface area contributed by atoms with Crippen molar-refractivity contribution in [3.05, 3.63) is 12.2 Å². The minimum atomic E-state index is 0.111. The fraction of sp³-hybridized carbons (Fsp3) is 0.714. The second-order valence-electron chi connectivity index (χ2n) is 1.76. The van der Waals surface area contributed by atoms with E-state index in [0.29, 0.717) is 6.61 Å². The van der Waals surface area contributed by atoms with Gasteiger partial charge in [0.15, 0.2) is 0 Å². The van der Waals surface area contributed by atoms with Gasteiger partial charge in [0.25, 0.3) is 0 Å². The largest absolute Gasteiger partial charge is 0.382 e. The maximum Gasteiger partial charge on any atom is 0.0985 e. The lowest BCUT2D eigenvalue weighted by atomic mass is 10.3. The summed E-state index contributed by atoms with van der Waals surface area (Å²) in [5.41, 5.74) is 0. The van der Waals surface area contributed by atoms with Crippen LogP contribution in [-0.4, -0.2) is 26.9 Å². The Labute approximate surface area is 56.5 Å². The van der Waals surface area contributed by atoms with Crippen LogP contribution in [0.3, 0.4) is 0 Å². The molecule has 0 heterocycles. The Bertz CT molecular complexity index is 79.0. The molecule has 0 aliphatic rings. The number of hydrogen-bond acceptors (Lipinski definition) is 2. The highest BCUT2D eigenvalue weighted by molar-refractivity contribution is 4.86. The van der Waals surface area contributed by atoms with Gasteiger partial charge < -0.3 is 9.47 Å². The first kappa shape index (κ1) is 8.66. The third kappa shape index (κ3) is 4.18. The van der Waals surface area contributed by atoms with Crippen molar-refractivity contribution in [2.45, 2.75) is 13.0 Å². The summed E-state index contributed by atoms with van der Waals surface area (Å²) >= 11 is 0. The SMILES string of the molecule is CC=CC(COC)OC. The molecule has 54 valence electrons. The molecule has 0 aromatic rings. The van der Waals surface area contributed by atoms with Crippen molar-refractivity contribution < 1.29 is 9.47 Å². The van der Waals surface area contributed by atoms with E-state index in [1.165, 1.54) is 0 Å². The second-order valence-corrected chi connectivity index (χ2v) is 1.76. The Morgan fingerprint density at radius 2 is 2.11 bits per heavy atom. The van der Waals surface area contributed by atoms with Crippen LogP contribution in [0.25, 0.3) is 0 Å². The zero-order valence-corrected chi connectivity index (χ0v) is 6.26. The van der Waals surface area contributed by atoms with E-state index in [2.05, 4.69) is 0 Å². The van der Waals surface area contributed by atoms with E-state index in [4.69, 9.17) is 9.47 Å². The van der Waals surface area contributed by atoms with Gasteiger partial charge in [-0.2, -0.15) is 0 Å². The van der Waals surface area contributed by atoms with E-state index in [0.717, 1.165) is 0 Å². The summed E-state index contributed by atoms with van der Waals surface area (Å²) in [6.07, 6.45) is 4.02. The molecule has 0 aromatic carbocycles. The van der Waals surface area contributed by atoms with Gasteiger partial charge in [0.2, 0.25) is 0 Å². The third-order valence-corrected chi connectivity index (χ3v) is 1.04. The first-order chi connectivity index (χ1) is 4.35. The Morgan fingerprint density at radius 1 is 1.44 bits per heavy atom. The van der Waals surface area contributed by atoms with Gasteiger partial charge in [-0.15, -0.1) is 0 Å². The molecule has 1 unspecified atom stereocenters. The quantitative estimate of drug-likeness (QED) is 0.533. The van der Waals surface area contributed by atoms with E-state index < -0.39 is 0 Å². The molecule has 0 radical (unpaired) electrons. The summed E-state index contributed by atoms with van der Waals surface area (Å²) in [6, 6.07) is 0. The van der Waals surface area contributed by atoms with Crippen molar-refractivity contribution in [3.8, 4) is 0 Å². The van der Waals surface area contributed by atoms with Gasteiger partial charge in [-0.25, -0.2) is 0 Å². The summed E-state index contributed by atoms with van der Waals surface area (Å²) in [6.45, 7) is 2.59. The topological polar surface area (TPSA) is 18.5 Å². The molecule has 9 heavy (non-hydrogen) atoms. The molecule has 0 N–H and O–H groups in total. The molecular formula is C7H14O2. The molecule has 0 saturated carbocycles. The predicted molar refractivity (Wildman–Crippen MR) is 37.5 cm³/mol. The summed E-state index contributed by atoms with van der Waals surface area (Å²) in [4.78, 5) is 0. The van der Waals surface area contributed by atoms with E-state index in [9.17, 15) is 0 Å². The van der Waals surface area contributed by atoms with Crippen LogP contribution in [-0.2, 0) is 9.47 Å². The lowest BCUT2D eigenvalue weighted by molar-refractivity contribution is 0.0571. The van der Waals surface area contributed by atoms with E-state index in [1.807, 2.05) is 19.1 Å². The van der Waals surface area contributed by atoms with Crippen LogP contribution >= 0.6 is 0 Å². The highest BCUT2D eigenvalue weighted by atomic mass is 16.5. The number of allylic oxidation sites excluding steroid dienone is 1. The number of ether oxygens (including phenoxy) is 2. The molecule has 0 aliphatic heterocycles. The van der Waals surface area contributed by atoms with Gasteiger partial charge in [-0.1, -0.05) is 12.2 Å². The van der Waals surface area contributed by atoms with Crippen LogP contribution in [0.4, 0.5) is 0 Å². The van der Waals surface area contributed by atoms with Gasteiger partial charge in [0.05, 0.1) is 12.7 Å². The predicted octanol–water partition coefficient (Wildman–Crippen LogP) is 1.22. The molecule has 2 heteroatoms. The molecule has 0 spiro atoms. The van der Waals surface area contributed by atoms with Gasteiger partial charge in [0, 0.05) is 14.2 Å².